The second-order valence-corrected chi connectivity index (χ2v) is 9.79. The molecule has 2 saturated heterocycles. The lowest BCUT2D eigenvalue weighted by atomic mass is 9.83. The Morgan fingerprint density at radius 2 is 1.97 bits per heavy atom. The van der Waals surface area contributed by atoms with Gasteiger partial charge in [-0.15, -0.1) is 0 Å². The summed E-state index contributed by atoms with van der Waals surface area (Å²) in [5.74, 6) is 1.87. The van der Waals surface area contributed by atoms with Gasteiger partial charge in [-0.25, -0.2) is 0 Å². The zero-order valence-corrected chi connectivity index (χ0v) is 18.6. The molecule has 0 aromatic carbocycles. The van der Waals surface area contributed by atoms with Gasteiger partial charge in [-0.1, -0.05) is 18.6 Å². The number of nitrogens with one attached hydrogen (secondary N) is 1. The molecule has 5 heteroatoms. The van der Waals surface area contributed by atoms with Crippen molar-refractivity contribution in [1.29, 1.82) is 0 Å². The fourth-order valence-corrected chi connectivity index (χ4v) is 5.82. The molecule has 5 aliphatic rings. The summed E-state index contributed by atoms with van der Waals surface area (Å²) >= 11 is 0. The second-order valence-electron chi connectivity index (χ2n) is 9.79. The van der Waals surface area contributed by atoms with Crippen molar-refractivity contribution in [2.45, 2.75) is 82.4 Å². The van der Waals surface area contributed by atoms with Crippen LogP contribution in [0.5, 0.6) is 0 Å². The molecule has 168 valence electrons. The van der Waals surface area contributed by atoms with Gasteiger partial charge in [-0.05, 0) is 88.9 Å². The predicted molar refractivity (Wildman–Crippen MR) is 121 cm³/mol. The molecule has 2 atom stereocenters. The van der Waals surface area contributed by atoms with Crippen LogP contribution in [0.2, 0.25) is 0 Å². The van der Waals surface area contributed by atoms with Crippen LogP contribution in [-0.2, 0) is 9.53 Å². The van der Waals surface area contributed by atoms with Crippen molar-refractivity contribution in [2.24, 2.45) is 5.92 Å². The molecule has 0 radical (unpaired) electrons. The van der Waals surface area contributed by atoms with Crippen LogP contribution in [0, 0.1) is 5.92 Å². The Bertz CT molecular complexity index is 820. The summed E-state index contributed by atoms with van der Waals surface area (Å²) < 4.78 is 11.4. The molecule has 1 N–H and O–H groups in total. The zero-order chi connectivity index (χ0) is 21.0. The summed E-state index contributed by atoms with van der Waals surface area (Å²) in [5.41, 5.74) is 2.55. The van der Waals surface area contributed by atoms with Crippen molar-refractivity contribution >= 4 is 5.91 Å². The number of carbonyl (C=O) groups excluding carboxylic acids is 1. The summed E-state index contributed by atoms with van der Waals surface area (Å²) in [5, 5.41) is 3.24. The van der Waals surface area contributed by atoms with E-state index < -0.39 is 0 Å². The highest BCUT2D eigenvalue weighted by atomic mass is 16.5. The number of fused-ring (bicyclic) bond motifs is 1. The van der Waals surface area contributed by atoms with Crippen LogP contribution in [0.4, 0.5) is 0 Å². The van der Waals surface area contributed by atoms with Crippen LogP contribution >= 0.6 is 0 Å². The molecule has 3 fully saturated rings. The zero-order valence-electron chi connectivity index (χ0n) is 18.6. The van der Waals surface area contributed by atoms with E-state index in [1.807, 2.05) is 12.3 Å². The number of likely N-dealkylation sites (tertiary alicyclic amines) is 1. The second kappa shape index (κ2) is 9.74. The minimum absolute atomic E-state index is 0.115. The van der Waals surface area contributed by atoms with Crippen molar-refractivity contribution in [2.75, 3.05) is 19.7 Å². The average molecular weight is 425 g/mol. The molecule has 5 nitrogen and oxygen atoms in total. The number of rotatable bonds is 6. The first-order valence-corrected chi connectivity index (χ1v) is 12.4. The Balaban J connectivity index is 1.11. The number of nitrogens with zero attached hydrogens (tertiary/aromatic N) is 1. The van der Waals surface area contributed by atoms with Crippen LogP contribution in [0.15, 0.2) is 34.9 Å². The highest BCUT2D eigenvalue weighted by Crippen LogP contribution is 2.36. The highest BCUT2D eigenvalue weighted by Gasteiger charge is 2.29. The minimum Gasteiger partial charge on any atom is -0.464 e. The number of ether oxygens (including phenoxy) is 1. The van der Waals surface area contributed by atoms with Gasteiger partial charge in [0, 0.05) is 29.8 Å². The van der Waals surface area contributed by atoms with Crippen LogP contribution < -0.4 is 5.32 Å². The van der Waals surface area contributed by atoms with Crippen molar-refractivity contribution in [3.8, 4) is 11.3 Å². The third-order valence-corrected chi connectivity index (χ3v) is 7.69. The maximum absolute atomic E-state index is 12.3. The molecule has 3 aliphatic heterocycles. The van der Waals surface area contributed by atoms with Gasteiger partial charge in [-0.3, -0.25) is 9.69 Å². The number of hydrogen-bond acceptors (Lipinski definition) is 4. The van der Waals surface area contributed by atoms with Gasteiger partial charge in [0.2, 0.25) is 5.91 Å². The average Bonchev–Trinajstić information content (AvgIpc) is 3.50. The maximum Gasteiger partial charge on any atom is 0.249 e. The molecule has 1 amide bonds. The molecule has 1 saturated carbocycles. The Kier molecular flexibility index (Phi) is 6.61. The maximum atomic E-state index is 12.3. The first-order valence-electron chi connectivity index (χ1n) is 12.4. The molecular weight excluding hydrogens is 388 g/mol. The molecule has 0 aromatic heterocycles. The van der Waals surface area contributed by atoms with Crippen molar-refractivity contribution in [3.63, 3.8) is 0 Å². The van der Waals surface area contributed by atoms with Gasteiger partial charge in [0.05, 0.1) is 6.26 Å². The molecule has 0 aromatic rings. The van der Waals surface area contributed by atoms with Crippen LogP contribution in [0.3, 0.4) is 0 Å². The Morgan fingerprint density at radius 1 is 1.06 bits per heavy atom. The Hall–Kier alpha value is -1.85. The number of piperidine rings is 1. The minimum atomic E-state index is -0.201. The third kappa shape index (κ3) is 4.98. The number of carbonyl (C=O) groups is 1. The van der Waals surface area contributed by atoms with Crippen molar-refractivity contribution < 1.29 is 13.9 Å². The summed E-state index contributed by atoms with van der Waals surface area (Å²) in [6.45, 7) is 3.09. The van der Waals surface area contributed by atoms with Crippen molar-refractivity contribution in [3.05, 3.63) is 36.1 Å². The first-order chi connectivity index (χ1) is 15.3. The lowest BCUT2D eigenvalue weighted by molar-refractivity contribution is -0.131. The number of amides is 1. The SMILES string of the molecule is O=C(NC1CCC(CCN2CCCCC2c2coc3cccc-3c2)CC1)C1CCCO1. The van der Waals surface area contributed by atoms with E-state index in [1.54, 1.807) is 0 Å². The van der Waals surface area contributed by atoms with E-state index in [4.69, 9.17) is 9.15 Å². The summed E-state index contributed by atoms with van der Waals surface area (Å²) in [6, 6.07) is 9.40. The molecule has 0 spiro atoms. The fraction of sp³-hybridized carbons (Fsp3) is 0.654. The first kappa shape index (κ1) is 21.0. The van der Waals surface area contributed by atoms with Gasteiger partial charge in [-0.2, -0.15) is 0 Å². The molecule has 0 bridgehead atoms. The summed E-state index contributed by atoms with van der Waals surface area (Å²) in [7, 11) is 0. The smallest absolute Gasteiger partial charge is 0.249 e. The largest absolute Gasteiger partial charge is 0.464 e. The lowest BCUT2D eigenvalue weighted by Gasteiger charge is -2.37. The summed E-state index contributed by atoms with van der Waals surface area (Å²) in [4.78, 5) is 15.0. The Morgan fingerprint density at radius 3 is 2.81 bits per heavy atom. The molecule has 2 aliphatic carbocycles. The normalized spacial score (nSPS) is 29.9. The molecule has 3 heterocycles. The molecule has 31 heavy (non-hydrogen) atoms. The fourth-order valence-electron chi connectivity index (χ4n) is 5.82. The highest BCUT2D eigenvalue weighted by molar-refractivity contribution is 5.81. The van der Waals surface area contributed by atoms with Crippen LogP contribution in [-0.4, -0.2) is 42.6 Å². The molecule has 5 rings (SSSR count). The predicted octanol–water partition coefficient (Wildman–Crippen LogP) is 5.16. The van der Waals surface area contributed by atoms with Gasteiger partial charge in [0.15, 0.2) is 0 Å². The molecule has 2 unspecified atom stereocenters. The van der Waals surface area contributed by atoms with Gasteiger partial charge < -0.3 is 14.5 Å². The van der Waals surface area contributed by atoms with E-state index in [0.717, 1.165) is 44.0 Å². The van der Waals surface area contributed by atoms with E-state index in [-0.39, 0.29) is 12.0 Å². The van der Waals surface area contributed by atoms with Crippen LogP contribution in [0.1, 0.15) is 75.8 Å². The van der Waals surface area contributed by atoms with E-state index >= 15 is 0 Å². The van der Waals surface area contributed by atoms with Gasteiger partial charge in [0.25, 0.3) is 0 Å². The molecular formula is C26H36N2O3. The van der Waals surface area contributed by atoms with E-state index in [2.05, 4.69) is 28.4 Å². The van der Waals surface area contributed by atoms with E-state index in [9.17, 15) is 4.79 Å². The summed E-state index contributed by atoms with van der Waals surface area (Å²) in [6.07, 6.45) is 13.4. The van der Waals surface area contributed by atoms with Gasteiger partial charge >= 0.3 is 0 Å². The van der Waals surface area contributed by atoms with E-state index in [0.29, 0.717) is 12.1 Å². The van der Waals surface area contributed by atoms with Crippen molar-refractivity contribution in [1.82, 2.24) is 10.2 Å². The quantitative estimate of drug-likeness (QED) is 0.696. The van der Waals surface area contributed by atoms with Crippen LogP contribution in [0.25, 0.3) is 11.3 Å². The van der Waals surface area contributed by atoms with E-state index in [1.165, 1.54) is 62.7 Å². The van der Waals surface area contributed by atoms with Gasteiger partial charge in [0.1, 0.15) is 11.9 Å². The lowest BCUT2D eigenvalue weighted by Crippen LogP contribution is -2.43. The Labute approximate surface area is 185 Å². The third-order valence-electron chi connectivity index (χ3n) is 7.69. The number of hydrogen-bond donors (Lipinski definition) is 1. The monoisotopic (exact) mass is 424 g/mol. The topological polar surface area (TPSA) is 54.7 Å². The standard InChI is InChI=1S/C26H36N2O3/c29-26(25-8-4-16-30-25)27-22-11-9-19(10-12-22)13-15-28-14-2-1-6-23(28)21-17-20-5-3-7-24(20)31-18-21/h3,5,7,17-19,22-23,25H,1-2,4,6,8-16H2,(H,27,29).